The van der Waals surface area contributed by atoms with E-state index in [-0.39, 0.29) is 17.1 Å². The maximum absolute atomic E-state index is 4.28. The Labute approximate surface area is 118 Å². The quantitative estimate of drug-likeness (QED) is 0.422. The summed E-state index contributed by atoms with van der Waals surface area (Å²) in [5, 5.41) is 0. The molecule has 0 N–H and O–H groups in total. The first kappa shape index (κ1) is 17.2. The molecule has 0 saturated heterocycles. The van der Waals surface area contributed by atoms with Gasteiger partial charge in [-0.25, -0.2) is 0 Å². The average Bonchev–Trinajstić information content (AvgIpc) is 2.99. The fourth-order valence-corrected chi connectivity index (χ4v) is 1.22. The summed E-state index contributed by atoms with van der Waals surface area (Å²) in [4.78, 5) is 4.28. The smallest absolute Gasteiger partial charge is 0.297 e. The molecule has 1 nitrogen and oxygen atoms in total. The Kier molecular flexibility index (Phi) is 12.8. The van der Waals surface area contributed by atoms with Gasteiger partial charge in [0.05, 0.1) is 0 Å². The van der Waals surface area contributed by atoms with Gasteiger partial charge in [0, 0.05) is 18.7 Å². The van der Waals surface area contributed by atoms with E-state index >= 15 is 0 Å². The molecule has 0 heterocycles. The Morgan fingerprint density at radius 2 is 1.47 bits per heavy atom. The van der Waals surface area contributed by atoms with E-state index in [1.54, 1.807) is 0 Å². The van der Waals surface area contributed by atoms with Gasteiger partial charge in [-0.3, -0.25) is 4.99 Å². The Balaban J connectivity index is 0.000000360. The number of hydrogen-bond donors (Lipinski definition) is 0. The predicted molar refractivity (Wildman–Crippen MR) is 70.2 cm³/mol. The van der Waals surface area contributed by atoms with E-state index in [4.69, 9.17) is 0 Å². The third kappa shape index (κ3) is 9.85. The number of rotatable bonds is 4. The molecule has 0 aromatic carbocycles. The number of hydrogen-bond acceptors (Lipinski definition) is 1. The molecule has 10 radical (unpaired) electrons. The summed E-state index contributed by atoms with van der Waals surface area (Å²) in [6, 6.07) is 0. The topological polar surface area (TPSA) is 12.4 Å². The summed E-state index contributed by atoms with van der Waals surface area (Å²) in [7, 11) is 0. The molecule has 2 fully saturated rings. The SMILES string of the molecule is CCCCN=C[C]1[CH][CH][CH][CH]1.[CH]1[CH][CH][CH][CH]1.[Fe+2]. The zero-order valence-electron chi connectivity index (χ0n) is 10.2. The molecule has 0 aliphatic heterocycles. The first-order chi connectivity index (χ1) is 7.93. The molecule has 2 heteroatoms. The molecule has 2 saturated carbocycles. The molecule has 0 aromatic heterocycles. The average molecular weight is 269 g/mol. The number of aliphatic imine (C=N–C) groups is 1. The second kappa shape index (κ2) is 12.6. The predicted octanol–water partition coefficient (Wildman–Crippen LogP) is 3.28. The Morgan fingerprint density at radius 3 is 1.94 bits per heavy atom. The zero-order valence-corrected chi connectivity index (χ0v) is 11.3. The molecule has 2 rings (SSSR count). The standard InChI is InChI=1S/C10H14N.C5H5.Fe/c1-2-3-8-11-9-10-6-4-5-7-10;1-2-4-5-3-1;/h4-7,9H,2-3,8H2,1H3;1-5H;/q;;+2. The van der Waals surface area contributed by atoms with Crippen molar-refractivity contribution >= 4 is 6.21 Å². The van der Waals surface area contributed by atoms with Gasteiger partial charge in [0.25, 0.3) is 0 Å². The first-order valence-electron chi connectivity index (χ1n) is 5.81. The summed E-state index contributed by atoms with van der Waals surface area (Å²) < 4.78 is 0. The minimum absolute atomic E-state index is 0. The van der Waals surface area contributed by atoms with Gasteiger partial charge < -0.3 is 0 Å². The molecule has 2 aliphatic rings. The maximum atomic E-state index is 4.28. The summed E-state index contributed by atoms with van der Waals surface area (Å²) in [5.74, 6) is 1.21. The minimum atomic E-state index is 0. The number of unbranched alkanes of at least 4 members (excludes halogenated alkanes) is 1. The molecule has 0 bridgehead atoms. The van der Waals surface area contributed by atoms with Crippen LogP contribution in [0, 0.1) is 63.7 Å². The summed E-state index contributed by atoms with van der Waals surface area (Å²) in [6.45, 7) is 3.14. The third-order valence-corrected chi connectivity index (χ3v) is 2.13. The zero-order chi connectivity index (χ0) is 11.5. The third-order valence-electron chi connectivity index (χ3n) is 2.13. The second-order valence-electron chi connectivity index (χ2n) is 3.57. The van der Waals surface area contributed by atoms with E-state index < -0.39 is 0 Å². The normalized spacial score (nSPS) is 20.1. The van der Waals surface area contributed by atoms with E-state index in [1.165, 1.54) is 18.8 Å². The maximum Gasteiger partial charge on any atom is 2.00 e. The molecule has 0 spiro atoms. The van der Waals surface area contributed by atoms with Crippen molar-refractivity contribution in [3.63, 3.8) is 0 Å². The Morgan fingerprint density at radius 1 is 0.941 bits per heavy atom. The fraction of sp³-hybridized carbons (Fsp3) is 0.267. The van der Waals surface area contributed by atoms with Crippen molar-refractivity contribution in [2.45, 2.75) is 19.8 Å². The summed E-state index contributed by atoms with van der Waals surface area (Å²) in [6.07, 6.45) is 22.5. The van der Waals surface area contributed by atoms with Crippen LogP contribution in [0.3, 0.4) is 0 Å². The van der Waals surface area contributed by atoms with Crippen molar-refractivity contribution in [2.75, 3.05) is 6.54 Å². The molecule has 0 atom stereocenters. The van der Waals surface area contributed by atoms with Crippen LogP contribution < -0.4 is 0 Å². The van der Waals surface area contributed by atoms with Crippen LogP contribution in [-0.2, 0) is 17.1 Å². The van der Waals surface area contributed by atoms with Gasteiger partial charge in [0.2, 0.25) is 0 Å². The molecular formula is C15H19FeN+2. The molecule has 2 aliphatic carbocycles. The van der Waals surface area contributed by atoms with E-state index in [1.807, 2.05) is 51.2 Å². The van der Waals surface area contributed by atoms with Crippen LogP contribution in [-0.4, -0.2) is 12.8 Å². The van der Waals surface area contributed by atoms with Crippen LogP contribution >= 0.6 is 0 Å². The number of nitrogens with zero attached hydrogens (tertiary/aromatic N) is 1. The van der Waals surface area contributed by atoms with Gasteiger partial charge >= 0.3 is 17.1 Å². The van der Waals surface area contributed by atoms with Crippen LogP contribution in [0.2, 0.25) is 0 Å². The minimum Gasteiger partial charge on any atom is -0.297 e. The summed E-state index contributed by atoms with van der Waals surface area (Å²) in [5.41, 5.74) is 0. The van der Waals surface area contributed by atoms with Gasteiger partial charge in [0.15, 0.2) is 0 Å². The van der Waals surface area contributed by atoms with E-state index in [9.17, 15) is 0 Å². The van der Waals surface area contributed by atoms with Gasteiger partial charge in [0.1, 0.15) is 0 Å². The van der Waals surface area contributed by atoms with Gasteiger partial charge in [-0.2, -0.15) is 0 Å². The molecule has 0 amide bonds. The second-order valence-corrected chi connectivity index (χ2v) is 3.57. The van der Waals surface area contributed by atoms with Crippen LogP contribution in [0.5, 0.6) is 0 Å². The summed E-state index contributed by atoms with van der Waals surface area (Å²) >= 11 is 0. The van der Waals surface area contributed by atoms with Gasteiger partial charge in [-0.15, -0.1) is 0 Å². The molecule has 0 unspecified atom stereocenters. The van der Waals surface area contributed by atoms with Crippen molar-refractivity contribution in [1.82, 2.24) is 0 Å². The van der Waals surface area contributed by atoms with Crippen LogP contribution in [0.4, 0.5) is 0 Å². The van der Waals surface area contributed by atoms with E-state index in [2.05, 4.69) is 24.8 Å². The monoisotopic (exact) mass is 269 g/mol. The molecule has 17 heavy (non-hydrogen) atoms. The van der Waals surface area contributed by atoms with E-state index in [0.29, 0.717) is 0 Å². The van der Waals surface area contributed by atoms with Crippen LogP contribution in [0.25, 0.3) is 0 Å². The Bertz CT molecular complexity index is 162. The van der Waals surface area contributed by atoms with Crippen molar-refractivity contribution in [1.29, 1.82) is 0 Å². The van der Waals surface area contributed by atoms with E-state index in [0.717, 1.165) is 6.54 Å². The Hall–Kier alpha value is 0.189. The molecular weight excluding hydrogens is 250 g/mol. The molecule has 90 valence electrons. The first-order valence-corrected chi connectivity index (χ1v) is 5.81. The fourth-order valence-electron chi connectivity index (χ4n) is 1.22. The van der Waals surface area contributed by atoms with Crippen LogP contribution in [0.1, 0.15) is 19.8 Å². The van der Waals surface area contributed by atoms with Crippen molar-refractivity contribution in [3.05, 3.63) is 63.7 Å². The van der Waals surface area contributed by atoms with Crippen molar-refractivity contribution < 1.29 is 17.1 Å². The van der Waals surface area contributed by atoms with Crippen molar-refractivity contribution in [3.8, 4) is 0 Å². The molecule has 0 aromatic rings. The van der Waals surface area contributed by atoms with Crippen LogP contribution in [0.15, 0.2) is 4.99 Å². The van der Waals surface area contributed by atoms with Crippen molar-refractivity contribution in [2.24, 2.45) is 4.99 Å². The van der Waals surface area contributed by atoms with Gasteiger partial charge in [-0.1, -0.05) is 13.3 Å². The largest absolute Gasteiger partial charge is 2.00 e. The van der Waals surface area contributed by atoms with Gasteiger partial charge in [-0.05, 0) is 64.2 Å².